The van der Waals surface area contributed by atoms with Crippen LogP contribution in [0.4, 0.5) is 20.2 Å². The van der Waals surface area contributed by atoms with Gasteiger partial charge in [-0.2, -0.15) is 0 Å². The first-order valence-electron chi connectivity index (χ1n) is 11.0. The molecule has 1 fully saturated rings. The zero-order valence-corrected chi connectivity index (χ0v) is 20.8. The Morgan fingerprint density at radius 3 is 2.60 bits per heavy atom. The fourth-order valence-electron chi connectivity index (χ4n) is 3.41. The Balaban J connectivity index is 1.73. The van der Waals surface area contributed by atoms with E-state index in [1.807, 2.05) is 13.8 Å². The molecule has 8 nitrogen and oxygen atoms in total. The van der Waals surface area contributed by atoms with E-state index in [0.717, 1.165) is 17.4 Å². The molecule has 2 aromatic rings. The van der Waals surface area contributed by atoms with Crippen molar-refractivity contribution in [2.24, 2.45) is 5.92 Å². The van der Waals surface area contributed by atoms with Crippen LogP contribution in [0.25, 0.3) is 0 Å². The maximum absolute atomic E-state index is 13.8. The molecule has 0 saturated carbocycles. The number of alkyl halides is 2. The van der Waals surface area contributed by atoms with E-state index < -0.39 is 24.3 Å². The van der Waals surface area contributed by atoms with Crippen molar-refractivity contribution in [1.82, 2.24) is 10.6 Å². The van der Waals surface area contributed by atoms with E-state index in [2.05, 4.69) is 16.0 Å². The highest BCUT2D eigenvalue weighted by Crippen LogP contribution is 2.33. The van der Waals surface area contributed by atoms with Crippen molar-refractivity contribution in [1.29, 1.82) is 0 Å². The van der Waals surface area contributed by atoms with Crippen LogP contribution < -0.4 is 20.9 Å². The Bertz CT molecular complexity index is 1070. The number of ether oxygens (including phenoxy) is 1. The second-order valence-electron chi connectivity index (χ2n) is 8.33. The summed E-state index contributed by atoms with van der Waals surface area (Å²) in [7, 11) is 0. The Labute approximate surface area is 211 Å². The van der Waals surface area contributed by atoms with E-state index in [1.54, 1.807) is 12.1 Å². The molecule has 0 spiro atoms. The summed E-state index contributed by atoms with van der Waals surface area (Å²) in [5, 5.41) is 8.43. The number of nitrogens with zero attached hydrogens (tertiary/aromatic N) is 1. The van der Waals surface area contributed by atoms with Gasteiger partial charge in [-0.1, -0.05) is 25.4 Å². The van der Waals surface area contributed by atoms with Crippen LogP contribution in [0, 0.1) is 5.92 Å². The number of thiophene rings is 1. The van der Waals surface area contributed by atoms with Crippen molar-refractivity contribution in [3.05, 3.63) is 45.1 Å². The molecule has 0 unspecified atom stereocenters. The molecule has 3 amide bonds. The third kappa shape index (κ3) is 7.44. The second-order valence-corrected chi connectivity index (χ2v) is 10.0. The first kappa shape index (κ1) is 27.0. The molecule has 12 heteroatoms. The topological polar surface area (TPSA) is 99.8 Å². The summed E-state index contributed by atoms with van der Waals surface area (Å²) >= 11 is 7.00. The molecular weight excluding hydrogens is 502 g/mol. The van der Waals surface area contributed by atoms with Crippen molar-refractivity contribution in [3.63, 3.8) is 0 Å². The van der Waals surface area contributed by atoms with Gasteiger partial charge in [0, 0.05) is 24.3 Å². The molecule has 1 aromatic carbocycles. The highest BCUT2D eigenvalue weighted by atomic mass is 35.5. The number of benzene rings is 1. The Morgan fingerprint density at radius 2 is 1.97 bits per heavy atom. The van der Waals surface area contributed by atoms with E-state index in [-0.39, 0.29) is 55.1 Å². The van der Waals surface area contributed by atoms with Crippen LogP contribution in [0.1, 0.15) is 35.5 Å². The first-order chi connectivity index (χ1) is 16.7. The maximum Gasteiger partial charge on any atom is 0.265 e. The smallest absolute Gasteiger partial charge is 0.265 e. The van der Waals surface area contributed by atoms with Crippen LogP contribution in [0.15, 0.2) is 30.3 Å². The summed E-state index contributed by atoms with van der Waals surface area (Å²) in [5.74, 6) is -1.04. The van der Waals surface area contributed by atoms with Crippen molar-refractivity contribution in [3.8, 4) is 0 Å². The lowest BCUT2D eigenvalue weighted by atomic mass is 10.1. The Morgan fingerprint density at radius 1 is 1.20 bits per heavy atom. The number of carbonyl (C=O) groups excluding carboxylic acids is 3. The van der Waals surface area contributed by atoms with Gasteiger partial charge in [0.2, 0.25) is 5.91 Å². The van der Waals surface area contributed by atoms with Crippen LogP contribution in [-0.2, 0) is 14.3 Å². The maximum atomic E-state index is 13.8. The van der Waals surface area contributed by atoms with Gasteiger partial charge < -0.3 is 25.6 Å². The van der Waals surface area contributed by atoms with Gasteiger partial charge in [0.1, 0.15) is 12.6 Å². The number of nitrogens with one attached hydrogen (secondary N) is 3. The van der Waals surface area contributed by atoms with Crippen LogP contribution in [0.3, 0.4) is 0 Å². The molecule has 0 aliphatic carbocycles. The minimum atomic E-state index is -2.86. The lowest BCUT2D eigenvalue weighted by Gasteiger charge is -2.29. The molecular formula is C23H27ClF2N4O4S. The number of hydrogen-bond acceptors (Lipinski definition) is 6. The quantitative estimate of drug-likeness (QED) is 0.437. The monoisotopic (exact) mass is 528 g/mol. The molecule has 2 heterocycles. The summed E-state index contributed by atoms with van der Waals surface area (Å²) in [4.78, 5) is 39.1. The molecule has 1 aromatic heterocycles. The van der Waals surface area contributed by atoms with Gasteiger partial charge in [-0.25, -0.2) is 8.78 Å². The van der Waals surface area contributed by atoms with Gasteiger partial charge in [0.25, 0.3) is 18.2 Å². The number of carbonyl (C=O) groups is 3. The lowest BCUT2D eigenvalue weighted by molar-refractivity contribution is -0.125. The van der Waals surface area contributed by atoms with E-state index >= 15 is 0 Å². The predicted octanol–water partition coefficient (Wildman–Crippen LogP) is 3.69. The SMILES string of the molecule is CC(C)CN[C@@H](CNC(=O)c1ccc(Cl)s1)C(=O)Nc1ccc(N2CCOCC2=O)c(C(F)F)c1. The van der Waals surface area contributed by atoms with Crippen LogP contribution >= 0.6 is 22.9 Å². The minimum Gasteiger partial charge on any atom is -0.370 e. The Kier molecular flexibility index (Phi) is 9.55. The molecule has 0 radical (unpaired) electrons. The van der Waals surface area contributed by atoms with Gasteiger partial charge in [-0.3, -0.25) is 14.4 Å². The van der Waals surface area contributed by atoms with Gasteiger partial charge in [0.15, 0.2) is 0 Å². The van der Waals surface area contributed by atoms with Crippen molar-refractivity contribution in [2.45, 2.75) is 26.3 Å². The molecule has 35 heavy (non-hydrogen) atoms. The van der Waals surface area contributed by atoms with E-state index in [1.165, 1.54) is 17.0 Å². The van der Waals surface area contributed by atoms with Crippen molar-refractivity contribution >= 4 is 52.0 Å². The number of anilines is 2. The van der Waals surface area contributed by atoms with E-state index in [4.69, 9.17) is 16.3 Å². The lowest BCUT2D eigenvalue weighted by Crippen LogP contribution is -2.49. The predicted molar refractivity (Wildman–Crippen MR) is 131 cm³/mol. The van der Waals surface area contributed by atoms with Crippen LogP contribution in [0.5, 0.6) is 0 Å². The Hall–Kier alpha value is -2.60. The van der Waals surface area contributed by atoms with E-state index in [9.17, 15) is 23.2 Å². The van der Waals surface area contributed by atoms with Crippen molar-refractivity contribution < 1.29 is 27.9 Å². The fourth-order valence-corrected chi connectivity index (χ4v) is 4.37. The summed E-state index contributed by atoms with van der Waals surface area (Å²) in [5.41, 5.74) is -0.127. The number of hydrogen-bond donors (Lipinski definition) is 3. The third-order valence-electron chi connectivity index (χ3n) is 5.16. The highest BCUT2D eigenvalue weighted by molar-refractivity contribution is 7.18. The minimum absolute atomic E-state index is 0.0189. The number of morpholine rings is 1. The fraction of sp³-hybridized carbons (Fsp3) is 0.435. The second kappa shape index (κ2) is 12.4. The summed E-state index contributed by atoms with van der Waals surface area (Å²) in [6, 6.07) is 6.40. The molecule has 1 aliphatic rings. The van der Waals surface area contributed by atoms with Gasteiger partial charge >= 0.3 is 0 Å². The average Bonchev–Trinajstić information content (AvgIpc) is 3.25. The zero-order chi connectivity index (χ0) is 25.5. The molecule has 1 atom stereocenters. The average molecular weight is 529 g/mol. The summed E-state index contributed by atoms with van der Waals surface area (Å²) < 4.78 is 33.2. The molecule has 3 N–H and O–H groups in total. The standard InChI is InChI=1S/C23H27ClF2N4O4S/c1-13(2)10-27-16(11-28-23(33)18-5-6-19(24)35-18)22(32)29-14-3-4-17(15(9-14)21(25)26)30-7-8-34-12-20(30)31/h3-6,9,13,16,21,27H,7-8,10-12H2,1-2H3,(H,28,33)(H,29,32)/t16-/m0/s1. The van der Waals surface area contributed by atoms with Gasteiger partial charge in [-0.05, 0) is 42.8 Å². The number of halogens is 3. The first-order valence-corrected chi connectivity index (χ1v) is 12.2. The van der Waals surface area contributed by atoms with Gasteiger partial charge in [-0.15, -0.1) is 11.3 Å². The van der Waals surface area contributed by atoms with Crippen LogP contribution in [0.2, 0.25) is 4.34 Å². The largest absolute Gasteiger partial charge is 0.370 e. The summed E-state index contributed by atoms with van der Waals surface area (Å²) in [6.07, 6.45) is -2.86. The van der Waals surface area contributed by atoms with Gasteiger partial charge in [0.05, 0.1) is 21.5 Å². The number of rotatable bonds is 10. The number of amides is 3. The molecule has 1 aliphatic heterocycles. The third-order valence-corrected chi connectivity index (χ3v) is 6.39. The zero-order valence-electron chi connectivity index (χ0n) is 19.3. The van der Waals surface area contributed by atoms with Crippen LogP contribution in [-0.4, -0.2) is 56.6 Å². The molecule has 0 bridgehead atoms. The molecule has 190 valence electrons. The van der Waals surface area contributed by atoms with E-state index in [0.29, 0.717) is 15.8 Å². The summed E-state index contributed by atoms with van der Waals surface area (Å²) in [6.45, 7) is 4.66. The normalized spacial score (nSPS) is 14.9. The highest BCUT2D eigenvalue weighted by Gasteiger charge is 2.26. The molecule has 3 rings (SSSR count). The molecule has 1 saturated heterocycles. The van der Waals surface area contributed by atoms with Crippen molar-refractivity contribution in [2.75, 3.05) is 43.1 Å².